The van der Waals surface area contributed by atoms with Crippen LogP contribution >= 0.6 is 11.3 Å². The van der Waals surface area contributed by atoms with Gasteiger partial charge >= 0.3 is 0 Å². The molecule has 1 saturated heterocycles. The zero-order chi connectivity index (χ0) is 13.2. The summed E-state index contributed by atoms with van der Waals surface area (Å²) in [7, 11) is 1.90. The molecule has 5 heteroatoms. The van der Waals surface area contributed by atoms with Crippen LogP contribution in [0.5, 0.6) is 0 Å². The van der Waals surface area contributed by atoms with E-state index in [9.17, 15) is 4.79 Å². The van der Waals surface area contributed by atoms with E-state index in [1.54, 1.807) is 16.0 Å². The third-order valence-corrected chi connectivity index (χ3v) is 4.57. The first kappa shape index (κ1) is 12.4. The Morgan fingerprint density at radius 3 is 3.05 bits per heavy atom. The van der Waals surface area contributed by atoms with Crippen LogP contribution < -0.4 is 0 Å². The van der Waals surface area contributed by atoms with Crippen LogP contribution in [0.1, 0.15) is 29.3 Å². The van der Waals surface area contributed by atoms with Gasteiger partial charge in [-0.2, -0.15) is 5.10 Å². The fourth-order valence-corrected chi connectivity index (χ4v) is 3.33. The van der Waals surface area contributed by atoms with Crippen molar-refractivity contribution >= 4 is 17.2 Å². The van der Waals surface area contributed by atoms with Gasteiger partial charge < -0.3 is 4.90 Å². The van der Waals surface area contributed by atoms with Crippen molar-refractivity contribution in [3.8, 4) is 0 Å². The molecule has 1 fully saturated rings. The molecule has 0 N–H and O–H groups in total. The minimum Gasteiger partial charge on any atom is -0.335 e. The Labute approximate surface area is 116 Å². The van der Waals surface area contributed by atoms with E-state index >= 15 is 0 Å². The van der Waals surface area contributed by atoms with Crippen molar-refractivity contribution in [2.75, 3.05) is 6.54 Å². The lowest BCUT2D eigenvalue weighted by atomic mass is 10.00. The van der Waals surface area contributed by atoms with Gasteiger partial charge in [0.1, 0.15) is 0 Å². The third kappa shape index (κ3) is 2.56. The summed E-state index contributed by atoms with van der Waals surface area (Å²) < 4.78 is 1.78. The molecule has 0 radical (unpaired) electrons. The fourth-order valence-electron chi connectivity index (χ4n) is 2.46. The highest BCUT2D eigenvalue weighted by atomic mass is 32.1. The van der Waals surface area contributed by atoms with Crippen molar-refractivity contribution in [3.05, 3.63) is 40.3 Å². The molecule has 0 saturated carbocycles. The Kier molecular flexibility index (Phi) is 3.38. The summed E-state index contributed by atoms with van der Waals surface area (Å²) in [5.74, 6) is 0.258. The van der Waals surface area contributed by atoms with Gasteiger partial charge in [-0.25, -0.2) is 0 Å². The third-order valence-electron chi connectivity index (χ3n) is 3.60. The van der Waals surface area contributed by atoms with E-state index in [4.69, 9.17) is 0 Å². The molecule has 0 unspecified atom stereocenters. The largest absolute Gasteiger partial charge is 0.335 e. The highest BCUT2D eigenvalue weighted by Crippen LogP contribution is 2.36. The Hall–Kier alpha value is -1.62. The normalized spacial score (nSPS) is 18.4. The molecule has 3 rings (SSSR count). The number of carbonyl (C=O) groups is 1. The zero-order valence-electron chi connectivity index (χ0n) is 11.0. The number of rotatable bonds is 4. The van der Waals surface area contributed by atoms with Crippen molar-refractivity contribution in [2.45, 2.75) is 25.3 Å². The van der Waals surface area contributed by atoms with Crippen molar-refractivity contribution in [1.29, 1.82) is 0 Å². The van der Waals surface area contributed by atoms with E-state index in [0.29, 0.717) is 12.5 Å². The maximum atomic E-state index is 12.2. The van der Waals surface area contributed by atoms with Gasteiger partial charge in [0.15, 0.2) is 0 Å². The number of aryl methyl sites for hydroxylation is 2. The average Bonchev–Trinajstić information content (AvgIpc) is 2.97. The predicted molar refractivity (Wildman–Crippen MR) is 74.9 cm³/mol. The van der Waals surface area contributed by atoms with Gasteiger partial charge in [0.05, 0.1) is 12.2 Å². The van der Waals surface area contributed by atoms with Crippen molar-refractivity contribution in [2.24, 2.45) is 7.05 Å². The second-order valence-electron chi connectivity index (χ2n) is 4.93. The first-order chi connectivity index (χ1) is 9.24. The van der Waals surface area contributed by atoms with Crippen LogP contribution in [-0.2, 0) is 18.3 Å². The molecule has 1 atom stereocenters. The van der Waals surface area contributed by atoms with E-state index in [-0.39, 0.29) is 5.91 Å². The zero-order valence-corrected chi connectivity index (χ0v) is 11.8. The standard InChI is InChI=1S/C14H17N3OS/c1-16-10-11(9-15-16)4-5-14(18)17-7-6-12(17)13-3-2-8-19-13/h2-3,8-10,12H,4-7H2,1H3/t12-/m1/s1. The molecule has 1 aliphatic rings. The molecule has 100 valence electrons. The van der Waals surface area contributed by atoms with E-state index in [1.807, 2.05) is 24.3 Å². The molecular formula is C14H17N3OS. The maximum absolute atomic E-state index is 12.2. The Balaban J connectivity index is 1.56. The summed E-state index contributed by atoms with van der Waals surface area (Å²) in [6.07, 6.45) is 6.26. The van der Waals surface area contributed by atoms with Gasteiger partial charge in [0.2, 0.25) is 5.91 Å². The second-order valence-corrected chi connectivity index (χ2v) is 5.91. The topological polar surface area (TPSA) is 38.1 Å². The van der Waals surface area contributed by atoms with E-state index in [2.05, 4.69) is 22.6 Å². The molecule has 3 heterocycles. The van der Waals surface area contributed by atoms with Crippen LogP contribution in [-0.4, -0.2) is 27.1 Å². The van der Waals surface area contributed by atoms with Gasteiger partial charge in [-0.05, 0) is 29.9 Å². The lowest BCUT2D eigenvalue weighted by Crippen LogP contribution is -2.44. The summed E-state index contributed by atoms with van der Waals surface area (Å²) >= 11 is 1.74. The number of likely N-dealkylation sites (tertiary alicyclic amines) is 1. The molecule has 19 heavy (non-hydrogen) atoms. The van der Waals surface area contributed by atoms with Gasteiger partial charge in [0, 0.05) is 31.1 Å². The number of thiophene rings is 1. The molecule has 4 nitrogen and oxygen atoms in total. The van der Waals surface area contributed by atoms with Gasteiger partial charge in [-0.15, -0.1) is 11.3 Å². The molecule has 2 aromatic rings. The fraction of sp³-hybridized carbons (Fsp3) is 0.429. The Bertz CT molecular complexity index is 561. The van der Waals surface area contributed by atoms with Crippen LogP contribution in [0.2, 0.25) is 0 Å². The average molecular weight is 275 g/mol. The summed E-state index contributed by atoms with van der Waals surface area (Å²) in [6.45, 7) is 0.897. The number of hydrogen-bond acceptors (Lipinski definition) is 3. The highest BCUT2D eigenvalue weighted by Gasteiger charge is 2.33. The molecule has 0 aliphatic carbocycles. The quantitative estimate of drug-likeness (QED) is 0.859. The van der Waals surface area contributed by atoms with E-state index < -0.39 is 0 Å². The number of nitrogens with zero attached hydrogens (tertiary/aromatic N) is 3. The highest BCUT2D eigenvalue weighted by molar-refractivity contribution is 7.10. The Morgan fingerprint density at radius 2 is 2.47 bits per heavy atom. The second kappa shape index (κ2) is 5.17. The van der Waals surface area contributed by atoms with Crippen LogP contribution in [0.4, 0.5) is 0 Å². The van der Waals surface area contributed by atoms with Crippen LogP contribution in [0.15, 0.2) is 29.9 Å². The monoisotopic (exact) mass is 275 g/mol. The minimum atomic E-state index is 0.258. The van der Waals surface area contributed by atoms with Crippen LogP contribution in [0.3, 0.4) is 0 Å². The summed E-state index contributed by atoms with van der Waals surface area (Å²) in [5, 5.41) is 6.20. The number of hydrogen-bond donors (Lipinski definition) is 0. The molecular weight excluding hydrogens is 258 g/mol. The molecule has 0 spiro atoms. The predicted octanol–water partition coefficient (Wildman–Crippen LogP) is 2.39. The van der Waals surface area contributed by atoms with Gasteiger partial charge in [0.25, 0.3) is 0 Å². The first-order valence-electron chi connectivity index (χ1n) is 6.54. The van der Waals surface area contributed by atoms with Crippen LogP contribution in [0, 0.1) is 0 Å². The molecule has 0 bridgehead atoms. The van der Waals surface area contributed by atoms with E-state index in [0.717, 1.165) is 24.9 Å². The van der Waals surface area contributed by atoms with Crippen LogP contribution in [0.25, 0.3) is 0 Å². The summed E-state index contributed by atoms with van der Waals surface area (Å²) in [6, 6.07) is 4.49. The number of amides is 1. The smallest absolute Gasteiger partial charge is 0.223 e. The maximum Gasteiger partial charge on any atom is 0.223 e. The molecule has 2 aromatic heterocycles. The molecule has 0 aromatic carbocycles. The first-order valence-corrected chi connectivity index (χ1v) is 7.42. The summed E-state index contributed by atoms with van der Waals surface area (Å²) in [4.78, 5) is 15.5. The lowest BCUT2D eigenvalue weighted by Gasteiger charge is -2.40. The molecule has 1 aliphatic heterocycles. The lowest BCUT2D eigenvalue weighted by molar-refractivity contribution is -0.139. The molecule has 1 amide bonds. The van der Waals surface area contributed by atoms with Crippen molar-refractivity contribution < 1.29 is 4.79 Å². The SMILES string of the molecule is Cn1cc(CCC(=O)N2CC[C@@H]2c2cccs2)cn1. The van der Waals surface area contributed by atoms with Crippen molar-refractivity contribution in [3.63, 3.8) is 0 Å². The number of carbonyl (C=O) groups excluding carboxylic acids is 1. The van der Waals surface area contributed by atoms with Gasteiger partial charge in [-0.1, -0.05) is 6.07 Å². The van der Waals surface area contributed by atoms with Crippen molar-refractivity contribution in [1.82, 2.24) is 14.7 Å². The van der Waals surface area contributed by atoms with Gasteiger partial charge in [-0.3, -0.25) is 9.48 Å². The summed E-state index contributed by atoms with van der Waals surface area (Å²) in [5.41, 5.74) is 1.13. The van der Waals surface area contributed by atoms with E-state index in [1.165, 1.54) is 4.88 Å². The number of aromatic nitrogens is 2. The Morgan fingerprint density at radius 1 is 1.58 bits per heavy atom. The minimum absolute atomic E-state index is 0.258.